The number of hydrogen-bond donors (Lipinski definition) is 1. The molecule has 108 valence electrons. The summed E-state index contributed by atoms with van der Waals surface area (Å²) in [6.45, 7) is 1.96. The van der Waals surface area contributed by atoms with Crippen molar-refractivity contribution in [3.8, 4) is 11.8 Å². The fourth-order valence-corrected chi connectivity index (χ4v) is 1.82. The summed E-state index contributed by atoms with van der Waals surface area (Å²) >= 11 is 0. The molecule has 21 heavy (non-hydrogen) atoms. The third kappa shape index (κ3) is 3.57. The third-order valence-corrected chi connectivity index (χ3v) is 2.89. The molecule has 1 atom stereocenters. The first kappa shape index (κ1) is 14.5. The van der Waals surface area contributed by atoms with Gasteiger partial charge < -0.3 is 9.64 Å². The van der Waals surface area contributed by atoms with Crippen LogP contribution in [0.5, 0.6) is 5.75 Å². The van der Waals surface area contributed by atoms with E-state index in [0.29, 0.717) is 23.7 Å². The molecule has 1 amide bonds. The Morgan fingerprint density at radius 2 is 2.29 bits per heavy atom. The highest BCUT2D eigenvalue weighted by Crippen LogP contribution is 2.18. The standard InChI is InChI=1S/C14H15N5O2/c1-10(21-12-6-4-3-5-11(12)7-15)14(20)19(2)8-13-16-9-17-18-13/h3-6,9-10H,8H2,1-2H3,(H,16,17,18). The lowest BCUT2D eigenvalue weighted by atomic mass is 10.2. The number of H-pyrrole nitrogens is 1. The Labute approximate surface area is 122 Å². The van der Waals surface area contributed by atoms with E-state index in [1.165, 1.54) is 11.2 Å². The molecule has 1 heterocycles. The Morgan fingerprint density at radius 3 is 2.95 bits per heavy atom. The molecular weight excluding hydrogens is 270 g/mol. The molecule has 0 aliphatic heterocycles. The number of aromatic amines is 1. The average Bonchev–Trinajstić information content (AvgIpc) is 2.99. The Balaban J connectivity index is 2.01. The minimum absolute atomic E-state index is 0.209. The molecule has 0 bridgehead atoms. The van der Waals surface area contributed by atoms with Gasteiger partial charge in [0, 0.05) is 7.05 Å². The second-order valence-corrected chi connectivity index (χ2v) is 4.49. The molecule has 2 rings (SSSR count). The van der Waals surface area contributed by atoms with E-state index in [0.717, 1.165) is 0 Å². The van der Waals surface area contributed by atoms with Crippen molar-refractivity contribution in [2.45, 2.75) is 19.6 Å². The van der Waals surface area contributed by atoms with Crippen molar-refractivity contribution in [1.82, 2.24) is 20.1 Å². The molecule has 1 unspecified atom stereocenters. The lowest BCUT2D eigenvalue weighted by molar-refractivity contribution is -0.137. The van der Waals surface area contributed by atoms with Gasteiger partial charge in [-0.05, 0) is 19.1 Å². The Bertz CT molecular complexity index is 648. The van der Waals surface area contributed by atoms with Crippen LogP contribution in [0.15, 0.2) is 30.6 Å². The van der Waals surface area contributed by atoms with E-state index in [2.05, 4.69) is 15.2 Å². The highest BCUT2D eigenvalue weighted by Gasteiger charge is 2.21. The molecule has 1 aromatic heterocycles. The van der Waals surface area contributed by atoms with Crippen LogP contribution in [0, 0.1) is 11.3 Å². The van der Waals surface area contributed by atoms with E-state index in [9.17, 15) is 4.79 Å². The van der Waals surface area contributed by atoms with E-state index >= 15 is 0 Å². The molecular formula is C14H15N5O2. The highest BCUT2D eigenvalue weighted by molar-refractivity contribution is 5.80. The van der Waals surface area contributed by atoms with Gasteiger partial charge in [0.1, 0.15) is 24.0 Å². The summed E-state index contributed by atoms with van der Waals surface area (Å²) in [6, 6.07) is 8.84. The van der Waals surface area contributed by atoms with E-state index in [1.807, 2.05) is 6.07 Å². The van der Waals surface area contributed by atoms with Crippen LogP contribution in [0.2, 0.25) is 0 Å². The van der Waals surface area contributed by atoms with Crippen molar-refractivity contribution in [2.24, 2.45) is 0 Å². The van der Waals surface area contributed by atoms with Gasteiger partial charge >= 0.3 is 0 Å². The summed E-state index contributed by atoms with van der Waals surface area (Å²) in [4.78, 5) is 17.7. The molecule has 0 aliphatic carbocycles. The summed E-state index contributed by atoms with van der Waals surface area (Å²) in [5.74, 6) is 0.781. The van der Waals surface area contributed by atoms with E-state index in [1.54, 1.807) is 38.2 Å². The van der Waals surface area contributed by atoms with Crippen molar-refractivity contribution in [2.75, 3.05) is 7.05 Å². The maximum atomic E-state index is 12.2. The van der Waals surface area contributed by atoms with Crippen molar-refractivity contribution < 1.29 is 9.53 Å². The van der Waals surface area contributed by atoms with E-state index in [-0.39, 0.29) is 5.91 Å². The Kier molecular flexibility index (Phi) is 4.51. The van der Waals surface area contributed by atoms with Gasteiger partial charge in [-0.2, -0.15) is 10.4 Å². The molecule has 0 fully saturated rings. The summed E-state index contributed by atoms with van der Waals surface area (Å²) in [7, 11) is 1.65. The number of amides is 1. The quantitative estimate of drug-likeness (QED) is 0.887. The lowest BCUT2D eigenvalue weighted by Gasteiger charge is -2.21. The maximum Gasteiger partial charge on any atom is 0.263 e. The van der Waals surface area contributed by atoms with Crippen molar-refractivity contribution in [3.63, 3.8) is 0 Å². The van der Waals surface area contributed by atoms with Gasteiger partial charge in [0.25, 0.3) is 5.91 Å². The number of benzene rings is 1. The average molecular weight is 285 g/mol. The maximum absolute atomic E-state index is 12.2. The zero-order chi connectivity index (χ0) is 15.2. The normalized spacial score (nSPS) is 11.5. The number of ether oxygens (including phenoxy) is 1. The second kappa shape index (κ2) is 6.52. The van der Waals surface area contributed by atoms with Crippen LogP contribution in [0.1, 0.15) is 18.3 Å². The first-order valence-electron chi connectivity index (χ1n) is 6.37. The lowest BCUT2D eigenvalue weighted by Crippen LogP contribution is -2.37. The number of likely N-dealkylation sites (N-methyl/N-ethyl adjacent to an activating group) is 1. The van der Waals surface area contributed by atoms with Gasteiger partial charge in [0.15, 0.2) is 6.10 Å². The molecule has 0 spiro atoms. The second-order valence-electron chi connectivity index (χ2n) is 4.49. The summed E-state index contributed by atoms with van der Waals surface area (Å²) < 4.78 is 5.58. The first-order chi connectivity index (χ1) is 10.1. The van der Waals surface area contributed by atoms with Gasteiger partial charge in [-0.25, -0.2) is 4.98 Å². The number of para-hydroxylation sites is 1. The zero-order valence-electron chi connectivity index (χ0n) is 11.8. The largest absolute Gasteiger partial charge is 0.480 e. The van der Waals surface area contributed by atoms with Gasteiger partial charge in [-0.15, -0.1) is 0 Å². The third-order valence-electron chi connectivity index (χ3n) is 2.89. The number of nitrogens with zero attached hydrogens (tertiary/aromatic N) is 4. The van der Waals surface area contributed by atoms with E-state index in [4.69, 9.17) is 10.00 Å². The molecule has 2 aromatic rings. The number of carbonyl (C=O) groups is 1. The van der Waals surface area contributed by atoms with Crippen LogP contribution in [0.25, 0.3) is 0 Å². The fraction of sp³-hybridized carbons (Fsp3) is 0.286. The molecule has 0 aliphatic rings. The fourth-order valence-electron chi connectivity index (χ4n) is 1.82. The van der Waals surface area contributed by atoms with Gasteiger partial charge in [-0.1, -0.05) is 12.1 Å². The molecule has 1 N–H and O–H groups in total. The number of nitriles is 1. The number of carbonyl (C=O) groups excluding carboxylic acids is 1. The molecule has 7 heteroatoms. The van der Waals surface area contributed by atoms with Gasteiger partial charge in [0.2, 0.25) is 0 Å². The van der Waals surface area contributed by atoms with Crippen LogP contribution in [-0.2, 0) is 11.3 Å². The predicted octanol–water partition coefficient (Wildman–Crippen LogP) is 1.10. The number of hydrogen-bond acceptors (Lipinski definition) is 5. The van der Waals surface area contributed by atoms with Crippen molar-refractivity contribution >= 4 is 5.91 Å². The molecule has 0 saturated carbocycles. The van der Waals surface area contributed by atoms with Crippen LogP contribution in [0.4, 0.5) is 0 Å². The van der Waals surface area contributed by atoms with Crippen molar-refractivity contribution in [3.05, 3.63) is 42.0 Å². The van der Waals surface area contributed by atoms with E-state index < -0.39 is 6.10 Å². The van der Waals surface area contributed by atoms with Gasteiger partial charge in [-0.3, -0.25) is 9.89 Å². The minimum Gasteiger partial charge on any atom is -0.480 e. The molecule has 0 radical (unpaired) electrons. The Hall–Kier alpha value is -2.88. The monoisotopic (exact) mass is 285 g/mol. The number of aromatic nitrogens is 3. The molecule has 1 aromatic carbocycles. The topological polar surface area (TPSA) is 94.9 Å². The summed E-state index contributed by atoms with van der Waals surface area (Å²) in [6.07, 6.45) is 0.684. The summed E-state index contributed by atoms with van der Waals surface area (Å²) in [5.41, 5.74) is 0.398. The molecule has 7 nitrogen and oxygen atoms in total. The van der Waals surface area contributed by atoms with Crippen LogP contribution < -0.4 is 4.74 Å². The first-order valence-corrected chi connectivity index (χ1v) is 6.37. The SMILES string of the molecule is CC(Oc1ccccc1C#N)C(=O)N(C)Cc1ncn[nH]1. The van der Waals surface area contributed by atoms with Crippen molar-refractivity contribution in [1.29, 1.82) is 5.26 Å². The number of rotatable bonds is 5. The van der Waals surface area contributed by atoms with Crippen LogP contribution >= 0.6 is 0 Å². The predicted molar refractivity (Wildman–Crippen MR) is 74.1 cm³/mol. The van der Waals surface area contributed by atoms with Gasteiger partial charge in [0.05, 0.1) is 12.1 Å². The zero-order valence-corrected chi connectivity index (χ0v) is 11.8. The highest BCUT2D eigenvalue weighted by atomic mass is 16.5. The smallest absolute Gasteiger partial charge is 0.263 e. The van der Waals surface area contributed by atoms with Crippen LogP contribution in [0.3, 0.4) is 0 Å². The summed E-state index contributed by atoms with van der Waals surface area (Å²) in [5, 5.41) is 15.4. The number of nitrogens with one attached hydrogen (secondary N) is 1. The minimum atomic E-state index is -0.701. The Morgan fingerprint density at radius 1 is 1.52 bits per heavy atom. The van der Waals surface area contributed by atoms with Crippen LogP contribution in [-0.4, -0.2) is 39.1 Å². The molecule has 0 saturated heterocycles.